The smallest absolute Gasteiger partial charge is 0.336 e. The van der Waals surface area contributed by atoms with Crippen LogP contribution in [-0.4, -0.2) is 258 Å². The van der Waals surface area contributed by atoms with Crippen molar-refractivity contribution in [1.29, 1.82) is 0 Å². The van der Waals surface area contributed by atoms with Crippen LogP contribution in [0.25, 0.3) is 10.8 Å². The number of allylic oxidation sites excluding steroid dienone is 2. The minimum absolute atomic E-state index is 0.00994. The first kappa shape index (κ1) is 88.2. The van der Waals surface area contributed by atoms with Gasteiger partial charge < -0.3 is 128 Å². The fourth-order valence-electron chi connectivity index (χ4n) is 12.0. The second kappa shape index (κ2) is 37.9. The van der Waals surface area contributed by atoms with Crippen LogP contribution in [0.4, 0.5) is 5.69 Å². The van der Waals surface area contributed by atoms with Gasteiger partial charge in [-0.15, -0.1) is 0 Å². The number of ether oxygens (including phenoxy) is 5. The second-order valence-corrected chi connectivity index (χ2v) is 27.1. The van der Waals surface area contributed by atoms with Gasteiger partial charge in [-0.05, 0) is 39.7 Å². The lowest BCUT2D eigenvalue weighted by atomic mass is 9.78. The number of benzene rings is 2. The molecule has 6 rings (SSSR count). The standard InChI is InChI=1S/C69H96N10O29/c1-25(2)35-19-39(83)38(23-80)76-63(97)37(75-67(101)49(68(102)103)79-64(98)40(84)22-72-65(99)47(33(10)81)77-66(100)48(78-62(35)96)54(90)55(91)59(70)93)21-71-61(95)32(9)73-43(85)24-105-42-20-36-53(89)45-44(42)46-57(31(8)52(45)88)108-69(12,58(46)92)106-18-17-41(104-13)28(5)56(107-34(11)82)30(7)51(87)29(6)50(86)26(3)15-14-16-27(4)60(94)74-36/h14-18,20,25-26,28-30,32-33,35,37-38,40-41,47-51,54-56,80-81,84,86-91H,19,21-24H2,1-13H3,(H2,70,93)(H,71,95)(H,72,99)(H,73,85)(H,74,94)(H,75,101)(H,76,97)(H,77,100)(H,78,96)(H,79,98)(H,102,103)/b15-14+,18-17+,27-16-/t26-,28+,29+,30+,32?,33?,35?,37?,38?,40?,41-,47?,48?,49?,50-,51+,54?,55?,56+,69-/m0/s1. The Morgan fingerprint density at radius 3 is 1.98 bits per heavy atom. The van der Waals surface area contributed by atoms with Crippen molar-refractivity contribution < 1.29 is 142 Å². The number of fused-ring (bicyclic) bond motifs is 14. The first-order chi connectivity index (χ1) is 50.3. The number of Topliss-reactive ketones (excluding diaryl/α,β-unsaturated/α-hetero) is 2. The van der Waals surface area contributed by atoms with Gasteiger partial charge >= 0.3 is 17.7 Å². The van der Waals surface area contributed by atoms with Crippen LogP contribution in [0.5, 0.6) is 23.0 Å². The number of primary amides is 1. The van der Waals surface area contributed by atoms with E-state index in [0.717, 1.165) is 26.2 Å². The Balaban J connectivity index is 1.51. The number of phenolic OH excluding ortho intramolecular Hbond substituents is 2. The number of amides is 10. The Kier molecular flexibility index (Phi) is 31.0. The van der Waals surface area contributed by atoms with Crippen LogP contribution >= 0.6 is 0 Å². The van der Waals surface area contributed by atoms with Gasteiger partial charge in [0.2, 0.25) is 41.5 Å². The van der Waals surface area contributed by atoms with Gasteiger partial charge in [-0.1, -0.05) is 59.8 Å². The van der Waals surface area contributed by atoms with Crippen molar-refractivity contribution in [2.75, 3.05) is 38.7 Å². The molecule has 5 bridgehead atoms. The van der Waals surface area contributed by atoms with Crippen molar-refractivity contribution in [2.24, 2.45) is 41.2 Å². The molecular weight excluding hydrogens is 1430 g/mol. The third-order valence-corrected chi connectivity index (χ3v) is 18.7. The van der Waals surface area contributed by atoms with E-state index in [4.69, 9.17) is 29.4 Å². The zero-order valence-electron chi connectivity index (χ0n) is 61.4. The zero-order valence-corrected chi connectivity index (χ0v) is 61.4. The Hall–Kier alpha value is -10.4. The molecule has 0 aliphatic carbocycles. The van der Waals surface area contributed by atoms with E-state index in [2.05, 4.69) is 26.6 Å². The van der Waals surface area contributed by atoms with Gasteiger partial charge in [0, 0.05) is 86.1 Å². The van der Waals surface area contributed by atoms with Crippen molar-refractivity contribution in [3.63, 3.8) is 0 Å². The summed E-state index contributed by atoms with van der Waals surface area (Å²) in [5, 5.41) is 128. The highest BCUT2D eigenvalue weighted by molar-refractivity contribution is 6.22. The lowest BCUT2D eigenvalue weighted by Crippen LogP contribution is -2.64. The van der Waals surface area contributed by atoms with Crippen molar-refractivity contribution in [3.8, 4) is 23.0 Å². The normalized spacial score (nSPS) is 30.0. The molecule has 11 unspecified atom stereocenters. The predicted molar refractivity (Wildman–Crippen MR) is 372 cm³/mol. The van der Waals surface area contributed by atoms with Crippen LogP contribution in [0.3, 0.4) is 0 Å². The van der Waals surface area contributed by atoms with E-state index in [1.54, 1.807) is 39.1 Å². The Bertz CT molecular complexity index is 3880. The van der Waals surface area contributed by atoms with E-state index < -0.39 is 281 Å². The van der Waals surface area contributed by atoms with Gasteiger partial charge in [-0.25, -0.2) is 4.79 Å². The fourth-order valence-corrected chi connectivity index (χ4v) is 12.0. The van der Waals surface area contributed by atoms with Crippen molar-refractivity contribution in [2.45, 2.75) is 180 Å². The summed E-state index contributed by atoms with van der Waals surface area (Å²) in [5.41, 5.74) is 4.13. The molecule has 108 heavy (non-hydrogen) atoms. The lowest BCUT2D eigenvalue weighted by molar-refractivity contribution is -0.160. The first-order valence-electron chi connectivity index (χ1n) is 34.1. The third kappa shape index (κ3) is 21.3. The highest BCUT2D eigenvalue weighted by atomic mass is 16.7. The Morgan fingerprint density at radius 1 is 0.769 bits per heavy atom. The maximum atomic E-state index is 14.9. The molecule has 4 heterocycles. The number of aromatic hydroxyl groups is 2. The Morgan fingerprint density at radius 2 is 1.40 bits per heavy atom. The summed E-state index contributed by atoms with van der Waals surface area (Å²) in [6, 6.07) is -12.2. The number of hydrogen-bond donors (Lipinski definition) is 20. The van der Waals surface area contributed by atoms with E-state index >= 15 is 0 Å². The quantitative estimate of drug-likeness (QED) is 0.0425. The van der Waals surface area contributed by atoms with Crippen molar-refractivity contribution in [3.05, 3.63) is 53.3 Å². The van der Waals surface area contributed by atoms with E-state index in [0.29, 0.717) is 0 Å². The molecule has 2 aromatic rings. The molecule has 4 aliphatic rings. The SMILES string of the molecule is CO[C@H]1/C=C/O[C@@]2(C)Oc3c(C)c(O)c4c(O)c(cc(OCC(=O)NC(C)C(=O)NCC5NC(=O)C(C(=O)O)NC(=O)C(O)CNC(=O)C(C(C)O)NC(=O)C(C(O)C(O)C(N)=O)NC(=O)C(C(C)C)CC(=O)C(CO)NC5=O)c4c3C2=O)NC(=O)/C(C)=C\C=C\[C@H](C)[C@H](O)[C@@H](C)[C@@H](O)[C@@H](C)[C@H](OC(C)=O)[C@@H]1C. The molecular formula is C69H96N10O29. The molecule has 4 aliphatic heterocycles. The summed E-state index contributed by atoms with van der Waals surface area (Å²) >= 11 is 0. The number of esters is 1. The second-order valence-electron chi connectivity index (χ2n) is 27.1. The summed E-state index contributed by atoms with van der Waals surface area (Å²) in [5.74, 6) is -29.3. The van der Waals surface area contributed by atoms with Gasteiger partial charge in [0.05, 0.1) is 60.5 Å². The summed E-state index contributed by atoms with van der Waals surface area (Å²) in [4.78, 5) is 190. The van der Waals surface area contributed by atoms with Crippen LogP contribution < -0.4 is 63.1 Å². The number of aliphatic carboxylic acids is 1. The molecule has 10 amide bonds. The number of carbonyl (C=O) groups is 14. The molecule has 1 saturated heterocycles. The molecule has 0 aromatic heterocycles. The van der Waals surface area contributed by atoms with Gasteiger partial charge in [0.25, 0.3) is 29.4 Å². The number of nitrogens with two attached hydrogens (primary N) is 1. The number of β-amino-alcohol motifs (C(OH)–C–C–N with tert-alkyl or cyclic N) is 1. The highest BCUT2D eigenvalue weighted by Gasteiger charge is 2.50. The van der Waals surface area contributed by atoms with Crippen molar-refractivity contribution in [1.82, 2.24) is 42.5 Å². The van der Waals surface area contributed by atoms with Crippen molar-refractivity contribution >= 4 is 99.0 Å². The predicted octanol–water partition coefficient (Wildman–Crippen LogP) is -5.14. The molecule has 1 fully saturated rings. The maximum Gasteiger partial charge on any atom is 0.336 e. The number of anilines is 1. The van der Waals surface area contributed by atoms with Gasteiger partial charge in [-0.3, -0.25) is 62.3 Å². The number of methoxy groups -OCH3 is 1. The minimum Gasteiger partial charge on any atom is -0.507 e. The fraction of sp³-hybridized carbons (Fsp3) is 0.565. The molecule has 0 spiro atoms. The first-order valence-corrected chi connectivity index (χ1v) is 34.1. The monoisotopic (exact) mass is 1530 g/mol. The summed E-state index contributed by atoms with van der Waals surface area (Å²) in [7, 11) is 1.33. The average molecular weight is 1530 g/mol. The zero-order chi connectivity index (χ0) is 81.6. The highest BCUT2D eigenvalue weighted by Crippen LogP contribution is 2.54. The number of aliphatic hydroxyl groups excluding tert-OH is 7. The van der Waals surface area contributed by atoms with Crippen LogP contribution in [0.2, 0.25) is 0 Å². The van der Waals surface area contributed by atoms with Gasteiger partial charge in [0.15, 0.2) is 24.2 Å². The Labute approximate surface area is 618 Å². The van der Waals surface area contributed by atoms with Crippen LogP contribution in [0.1, 0.15) is 98.5 Å². The number of hydrogen-bond acceptors (Lipinski definition) is 28. The largest absolute Gasteiger partial charge is 0.507 e. The van der Waals surface area contributed by atoms with E-state index in [1.165, 1.54) is 66.9 Å². The van der Waals surface area contributed by atoms with Gasteiger partial charge in [-0.2, -0.15) is 0 Å². The lowest BCUT2D eigenvalue weighted by Gasteiger charge is -2.38. The summed E-state index contributed by atoms with van der Waals surface area (Å²) in [6.45, 7) is 11.8. The van der Waals surface area contributed by atoms with Crippen LogP contribution in [-0.2, 0) is 76.5 Å². The van der Waals surface area contributed by atoms with Crippen LogP contribution in [0, 0.1) is 42.4 Å². The van der Waals surface area contributed by atoms with E-state index in [1.807, 2.05) is 16.0 Å². The molecule has 596 valence electrons. The number of aliphatic hydroxyl groups is 7. The number of carboxylic acid groups (broad SMARTS) is 1. The number of rotatable bonds is 16. The number of carboxylic acids is 1. The summed E-state index contributed by atoms with van der Waals surface area (Å²) < 4.78 is 29.7. The number of nitrogens with one attached hydrogen (secondary N) is 9. The molecule has 20 atom stereocenters. The number of ketones is 2. The average Bonchev–Trinajstić information content (AvgIpc) is 1.51. The molecule has 2 aromatic carbocycles. The maximum absolute atomic E-state index is 14.9. The van der Waals surface area contributed by atoms with Crippen LogP contribution in [0.15, 0.2) is 42.2 Å². The molecule has 39 heteroatoms. The number of phenols is 2. The molecule has 21 N–H and O–H groups in total. The summed E-state index contributed by atoms with van der Waals surface area (Å²) in [6.07, 6.45) is -8.19. The number of carbonyl (C=O) groups excluding carboxylic acids is 13. The minimum atomic E-state index is -2.74. The molecule has 39 nitrogen and oxygen atoms in total. The van der Waals surface area contributed by atoms with Gasteiger partial charge in [0.1, 0.15) is 65.8 Å². The molecule has 0 saturated carbocycles. The van der Waals surface area contributed by atoms with E-state index in [9.17, 15) is 118 Å². The van der Waals surface area contributed by atoms with E-state index in [-0.39, 0.29) is 16.9 Å². The topological polar surface area (TPSA) is 622 Å². The molecule has 0 radical (unpaired) electrons. The third-order valence-electron chi connectivity index (χ3n) is 18.7.